The molecule has 2 heterocycles. The summed E-state index contributed by atoms with van der Waals surface area (Å²) in [6.07, 6.45) is 6.97. The average molecular weight is 278 g/mol. The molecular weight excluding hydrogens is 248 g/mol. The number of nitrogens with zero attached hydrogens (tertiary/aromatic N) is 3. The van der Waals surface area contributed by atoms with Gasteiger partial charge in [0.2, 0.25) is 0 Å². The largest absolute Gasteiger partial charge is 0.329 e. The fourth-order valence-corrected chi connectivity index (χ4v) is 3.31. The fraction of sp³-hybridized carbons (Fsp3) is 0.812. The third kappa shape index (κ3) is 3.07. The number of hydrogen-bond acceptors (Lipinski definition) is 3. The minimum atomic E-state index is 0.333. The molecule has 0 spiro atoms. The summed E-state index contributed by atoms with van der Waals surface area (Å²) >= 11 is 0. The number of nitrogens with two attached hydrogens (primary N) is 1. The fourth-order valence-electron chi connectivity index (χ4n) is 3.31. The molecule has 1 unspecified atom stereocenters. The van der Waals surface area contributed by atoms with E-state index in [-0.39, 0.29) is 0 Å². The predicted molar refractivity (Wildman–Crippen MR) is 83.6 cm³/mol. The molecule has 1 aromatic rings. The zero-order valence-electron chi connectivity index (χ0n) is 13.5. The molecule has 0 aliphatic carbocycles. The van der Waals surface area contributed by atoms with Crippen molar-refractivity contribution in [2.24, 2.45) is 18.2 Å². The highest BCUT2D eigenvalue weighted by Crippen LogP contribution is 2.37. The van der Waals surface area contributed by atoms with Crippen LogP contribution < -0.4 is 5.73 Å². The second-order valence-electron chi connectivity index (χ2n) is 6.51. The molecule has 1 atom stereocenters. The molecule has 4 nitrogen and oxygen atoms in total. The highest BCUT2D eigenvalue weighted by atomic mass is 15.3. The number of aromatic nitrogens is 2. The molecule has 1 aromatic heterocycles. The number of hydrogen-bond donors (Lipinski definition) is 1. The van der Waals surface area contributed by atoms with Gasteiger partial charge in [-0.1, -0.05) is 27.2 Å². The first-order valence-corrected chi connectivity index (χ1v) is 7.99. The van der Waals surface area contributed by atoms with E-state index in [4.69, 9.17) is 5.73 Å². The number of likely N-dealkylation sites (tertiary alicyclic amines) is 1. The van der Waals surface area contributed by atoms with Crippen LogP contribution in [0.3, 0.4) is 0 Å². The zero-order chi connectivity index (χ0) is 14.8. The van der Waals surface area contributed by atoms with Gasteiger partial charge in [0, 0.05) is 25.4 Å². The maximum absolute atomic E-state index is 6.09. The van der Waals surface area contributed by atoms with Crippen LogP contribution in [0.25, 0.3) is 0 Å². The van der Waals surface area contributed by atoms with Crippen molar-refractivity contribution >= 4 is 0 Å². The van der Waals surface area contributed by atoms with Crippen LogP contribution >= 0.6 is 0 Å². The van der Waals surface area contributed by atoms with Crippen molar-refractivity contribution in [1.82, 2.24) is 14.7 Å². The van der Waals surface area contributed by atoms with E-state index < -0.39 is 0 Å². The Labute approximate surface area is 123 Å². The lowest BCUT2D eigenvalue weighted by Gasteiger charge is -2.42. The Morgan fingerprint density at radius 2 is 2.00 bits per heavy atom. The van der Waals surface area contributed by atoms with E-state index in [9.17, 15) is 0 Å². The molecule has 1 aliphatic heterocycles. The SMILES string of the molecule is CCc1nn(C)cc1C(CN)N1CCC(C)(CC)CC1. The van der Waals surface area contributed by atoms with E-state index >= 15 is 0 Å². The van der Waals surface area contributed by atoms with E-state index in [1.54, 1.807) is 0 Å². The smallest absolute Gasteiger partial charge is 0.0670 e. The summed E-state index contributed by atoms with van der Waals surface area (Å²) in [6.45, 7) is 9.90. The average Bonchev–Trinajstić information content (AvgIpc) is 2.83. The summed E-state index contributed by atoms with van der Waals surface area (Å²) in [4.78, 5) is 2.56. The first-order valence-electron chi connectivity index (χ1n) is 7.99. The summed E-state index contributed by atoms with van der Waals surface area (Å²) < 4.78 is 1.93. The van der Waals surface area contributed by atoms with E-state index in [1.807, 2.05) is 11.7 Å². The molecule has 1 fully saturated rings. The first-order chi connectivity index (χ1) is 9.53. The molecule has 4 heteroatoms. The van der Waals surface area contributed by atoms with Gasteiger partial charge >= 0.3 is 0 Å². The molecule has 114 valence electrons. The topological polar surface area (TPSA) is 47.1 Å². The van der Waals surface area contributed by atoms with Crippen LogP contribution in [0.1, 0.15) is 57.3 Å². The van der Waals surface area contributed by atoms with Crippen LogP contribution in [-0.4, -0.2) is 34.3 Å². The number of rotatable bonds is 5. The van der Waals surface area contributed by atoms with Crippen LogP contribution in [0, 0.1) is 5.41 Å². The van der Waals surface area contributed by atoms with Crippen LogP contribution in [-0.2, 0) is 13.5 Å². The molecule has 0 aromatic carbocycles. The third-order valence-electron chi connectivity index (χ3n) is 5.15. The van der Waals surface area contributed by atoms with Gasteiger partial charge < -0.3 is 5.73 Å². The highest BCUT2D eigenvalue weighted by molar-refractivity contribution is 5.22. The minimum Gasteiger partial charge on any atom is -0.329 e. The Bertz CT molecular complexity index is 430. The van der Waals surface area contributed by atoms with Crippen molar-refractivity contribution in [2.45, 2.75) is 52.5 Å². The van der Waals surface area contributed by atoms with Gasteiger partial charge in [0.05, 0.1) is 11.7 Å². The third-order valence-corrected chi connectivity index (χ3v) is 5.15. The Morgan fingerprint density at radius 3 is 2.50 bits per heavy atom. The van der Waals surface area contributed by atoms with Crippen LogP contribution in [0.2, 0.25) is 0 Å². The van der Waals surface area contributed by atoms with Gasteiger partial charge in [-0.15, -0.1) is 0 Å². The highest BCUT2D eigenvalue weighted by Gasteiger charge is 2.32. The van der Waals surface area contributed by atoms with Crippen molar-refractivity contribution < 1.29 is 0 Å². The Balaban J connectivity index is 2.13. The standard InChI is InChI=1S/C16H30N4/c1-5-14-13(12-19(4)18-14)15(11-17)20-9-7-16(3,6-2)8-10-20/h12,15H,5-11,17H2,1-4H3. The summed E-state index contributed by atoms with van der Waals surface area (Å²) in [5, 5.41) is 4.57. The molecule has 1 aliphatic rings. The summed E-state index contributed by atoms with van der Waals surface area (Å²) in [5.41, 5.74) is 9.15. The molecular formula is C16H30N4. The minimum absolute atomic E-state index is 0.333. The van der Waals surface area contributed by atoms with Crippen molar-refractivity contribution in [3.05, 3.63) is 17.5 Å². The Morgan fingerprint density at radius 1 is 1.35 bits per heavy atom. The summed E-state index contributed by atoms with van der Waals surface area (Å²) in [5.74, 6) is 0. The zero-order valence-corrected chi connectivity index (χ0v) is 13.5. The maximum Gasteiger partial charge on any atom is 0.0670 e. The van der Waals surface area contributed by atoms with E-state index in [1.165, 1.54) is 30.5 Å². The van der Waals surface area contributed by atoms with Gasteiger partial charge in [0.15, 0.2) is 0 Å². The van der Waals surface area contributed by atoms with Gasteiger partial charge in [-0.3, -0.25) is 9.58 Å². The Hall–Kier alpha value is -0.870. The molecule has 2 N–H and O–H groups in total. The second-order valence-corrected chi connectivity index (χ2v) is 6.51. The molecule has 20 heavy (non-hydrogen) atoms. The van der Waals surface area contributed by atoms with Crippen LogP contribution in [0.5, 0.6) is 0 Å². The Kier molecular flexibility index (Phi) is 4.86. The number of piperidine rings is 1. The van der Waals surface area contributed by atoms with Crippen molar-refractivity contribution in [3.8, 4) is 0 Å². The van der Waals surface area contributed by atoms with E-state index in [0.29, 0.717) is 18.0 Å². The van der Waals surface area contributed by atoms with E-state index in [0.717, 1.165) is 19.5 Å². The van der Waals surface area contributed by atoms with Crippen LogP contribution in [0.4, 0.5) is 0 Å². The monoisotopic (exact) mass is 278 g/mol. The molecule has 1 saturated heterocycles. The molecule has 0 amide bonds. The van der Waals surface area contributed by atoms with Gasteiger partial charge in [0.25, 0.3) is 0 Å². The van der Waals surface area contributed by atoms with Gasteiger partial charge in [-0.25, -0.2) is 0 Å². The second kappa shape index (κ2) is 6.27. The van der Waals surface area contributed by atoms with Gasteiger partial charge in [-0.05, 0) is 37.8 Å². The molecule has 0 radical (unpaired) electrons. The lowest BCUT2D eigenvalue weighted by atomic mass is 9.78. The van der Waals surface area contributed by atoms with Crippen LogP contribution in [0.15, 0.2) is 6.20 Å². The molecule has 2 rings (SSSR count). The normalized spacial score (nSPS) is 21.1. The van der Waals surface area contributed by atoms with Crippen molar-refractivity contribution in [1.29, 1.82) is 0 Å². The quantitative estimate of drug-likeness (QED) is 0.900. The summed E-state index contributed by atoms with van der Waals surface area (Å²) in [7, 11) is 2.00. The lowest BCUT2D eigenvalue weighted by molar-refractivity contribution is 0.0826. The molecule has 0 bridgehead atoms. The van der Waals surface area contributed by atoms with Gasteiger partial charge in [0.1, 0.15) is 0 Å². The first kappa shape index (κ1) is 15.5. The van der Waals surface area contributed by atoms with Crippen molar-refractivity contribution in [3.63, 3.8) is 0 Å². The molecule has 0 saturated carbocycles. The predicted octanol–water partition coefficient (Wildman–Crippen LogP) is 2.49. The maximum atomic E-state index is 6.09. The summed E-state index contributed by atoms with van der Waals surface area (Å²) in [6, 6.07) is 0.333. The van der Waals surface area contributed by atoms with Crippen molar-refractivity contribution in [2.75, 3.05) is 19.6 Å². The van der Waals surface area contributed by atoms with Gasteiger partial charge in [-0.2, -0.15) is 5.10 Å². The number of aryl methyl sites for hydroxylation is 2. The van der Waals surface area contributed by atoms with E-state index in [2.05, 4.69) is 37.0 Å². The lowest BCUT2D eigenvalue weighted by Crippen LogP contribution is -2.43.